The van der Waals surface area contributed by atoms with E-state index in [1.807, 2.05) is 0 Å². The van der Waals surface area contributed by atoms with E-state index in [4.69, 9.17) is 14.0 Å². The first-order chi connectivity index (χ1) is 15.8. The Morgan fingerprint density at radius 3 is 2.48 bits per heavy atom. The Hall–Kier alpha value is -4.27. The van der Waals surface area contributed by atoms with E-state index in [1.54, 1.807) is 44.2 Å². The van der Waals surface area contributed by atoms with Gasteiger partial charge in [0.1, 0.15) is 17.3 Å². The number of aromatic hydroxyl groups is 1. The van der Waals surface area contributed by atoms with Crippen molar-refractivity contribution in [2.24, 2.45) is 0 Å². The van der Waals surface area contributed by atoms with Gasteiger partial charge in [0.2, 0.25) is 0 Å². The normalized spacial score (nSPS) is 17.4. The van der Waals surface area contributed by atoms with Crippen molar-refractivity contribution in [2.45, 2.75) is 19.9 Å². The van der Waals surface area contributed by atoms with Crippen LogP contribution < -0.4 is 14.4 Å². The average Bonchev–Trinajstić information content (AvgIpc) is 3.35. The number of aryl methyl sites for hydroxylation is 1. The Kier molecular flexibility index (Phi) is 5.78. The van der Waals surface area contributed by atoms with Crippen LogP contribution in [0.15, 0.2) is 58.6 Å². The molecule has 1 saturated heterocycles. The van der Waals surface area contributed by atoms with E-state index in [2.05, 4.69) is 5.16 Å². The lowest BCUT2D eigenvalue weighted by Crippen LogP contribution is -2.29. The fraction of sp³-hybridized carbons (Fsp3) is 0.208. The quantitative estimate of drug-likeness (QED) is 0.331. The summed E-state index contributed by atoms with van der Waals surface area (Å²) in [6, 6.07) is 11.4. The number of benzene rings is 2. The number of phenolic OH excluding ortho intramolecular Hbond substituents is 1. The number of carbonyl (C=O) groups is 2. The molecule has 1 atom stereocenters. The Balaban J connectivity index is 1.93. The zero-order valence-electron chi connectivity index (χ0n) is 18.2. The first kappa shape index (κ1) is 21.9. The molecular formula is C24H22N2O7. The van der Waals surface area contributed by atoms with Crippen LogP contribution in [0, 0.1) is 6.92 Å². The highest BCUT2D eigenvalue weighted by atomic mass is 16.5. The minimum absolute atomic E-state index is 0.0926. The second kappa shape index (κ2) is 8.70. The number of methoxy groups -OCH3 is 1. The van der Waals surface area contributed by atoms with Gasteiger partial charge in [-0.2, -0.15) is 0 Å². The van der Waals surface area contributed by atoms with Gasteiger partial charge < -0.3 is 24.2 Å². The van der Waals surface area contributed by atoms with Crippen LogP contribution in [0.4, 0.5) is 5.82 Å². The fourth-order valence-corrected chi connectivity index (χ4v) is 3.73. The summed E-state index contributed by atoms with van der Waals surface area (Å²) in [6.45, 7) is 3.72. The number of phenols is 1. The predicted octanol–water partition coefficient (Wildman–Crippen LogP) is 3.72. The molecule has 0 radical (unpaired) electrons. The second-order valence-corrected chi connectivity index (χ2v) is 7.35. The number of anilines is 1. The van der Waals surface area contributed by atoms with Crippen molar-refractivity contribution < 1.29 is 33.8 Å². The van der Waals surface area contributed by atoms with Crippen molar-refractivity contribution >= 4 is 23.3 Å². The molecule has 1 amide bonds. The van der Waals surface area contributed by atoms with Crippen LogP contribution in [0.3, 0.4) is 0 Å². The van der Waals surface area contributed by atoms with Crippen LogP contribution >= 0.6 is 0 Å². The maximum Gasteiger partial charge on any atom is 0.301 e. The number of ether oxygens (including phenoxy) is 2. The van der Waals surface area contributed by atoms with E-state index < -0.39 is 17.7 Å². The number of aromatic nitrogens is 1. The van der Waals surface area contributed by atoms with Crippen LogP contribution in [0.2, 0.25) is 0 Å². The number of hydrogen-bond acceptors (Lipinski definition) is 8. The van der Waals surface area contributed by atoms with E-state index in [0.29, 0.717) is 29.2 Å². The molecule has 33 heavy (non-hydrogen) atoms. The molecule has 9 nitrogen and oxygen atoms in total. The van der Waals surface area contributed by atoms with Crippen molar-refractivity contribution in [1.82, 2.24) is 5.16 Å². The van der Waals surface area contributed by atoms with Crippen molar-refractivity contribution in [3.63, 3.8) is 0 Å². The lowest BCUT2D eigenvalue weighted by molar-refractivity contribution is -0.132. The Labute approximate surface area is 189 Å². The highest BCUT2D eigenvalue weighted by Gasteiger charge is 2.48. The number of carbonyl (C=O) groups excluding carboxylic acids is 2. The summed E-state index contributed by atoms with van der Waals surface area (Å²) in [5, 5.41) is 25.1. The number of aliphatic hydroxyl groups is 1. The lowest BCUT2D eigenvalue weighted by Gasteiger charge is -2.23. The minimum Gasteiger partial charge on any atom is -0.507 e. The van der Waals surface area contributed by atoms with Gasteiger partial charge in [-0.05, 0) is 55.8 Å². The van der Waals surface area contributed by atoms with Gasteiger partial charge in [-0.1, -0.05) is 11.2 Å². The first-order valence-electron chi connectivity index (χ1n) is 10.2. The van der Waals surface area contributed by atoms with E-state index >= 15 is 0 Å². The summed E-state index contributed by atoms with van der Waals surface area (Å²) in [4.78, 5) is 27.4. The van der Waals surface area contributed by atoms with Gasteiger partial charge >= 0.3 is 5.91 Å². The third-order valence-corrected chi connectivity index (χ3v) is 5.27. The molecule has 4 rings (SSSR count). The van der Waals surface area contributed by atoms with E-state index in [-0.39, 0.29) is 28.6 Å². The zero-order chi connectivity index (χ0) is 23.7. The molecule has 2 heterocycles. The van der Waals surface area contributed by atoms with Gasteiger partial charge in [-0.3, -0.25) is 14.5 Å². The summed E-state index contributed by atoms with van der Waals surface area (Å²) in [7, 11) is 1.51. The predicted molar refractivity (Wildman–Crippen MR) is 118 cm³/mol. The molecule has 170 valence electrons. The largest absolute Gasteiger partial charge is 0.507 e. The van der Waals surface area contributed by atoms with Crippen LogP contribution in [-0.4, -0.2) is 40.8 Å². The van der Waals surface area contributed by atoms with E-state index in [0.717, 1.165) is 4.90 Å². The topological polar surface area (TPSA) is 122 Å². The van der Waals surface area contributed by atoms with Gasteiger partial charge in [0.05, 0.1) is 25.3 Å². The molecule has 1 aliphatic rings. The van der Waals surface area contributed by atoms with Gasteiger partial charge in [-0.25, -0.2) is 0 Å². The van der Waals surface area contributed by atoms with Crippen LogP contribution in [-0.2, 0) is 9.59 Å². The molecule has 1 fully saturated rings. The summed E-state index contributed by atoms with van der Waals surface area (Å²) < 4.78 is 15.7. The van der Waals surface area contributed by atoms with Gasteiger partial charge in [-0.15, -0.1) is 0 Å². The molecular weight excluding hydrogens is 428 g/mol. The molecule has 0 unspecified atom stereocenters. The van der Waals surface area contributed by atoms with Crippen molar-refractivity contribution in [2.75, 3.05) is 18.6 Å². The summed E-state index contributed by atoms with van der Waals surface area (Å²) in [6.07, 6.45) is 0. The molecule has 0 aliphatic carbocycles. The molecule has 0 bridgehead atoms. The van der Waals surface area contributed by atoms with Gasteiger partial charge in [0.15, 0.2) is 17.3 Å². The van der Waals surface area contributed by atoms with Gasteiger partial charge in [0, 0.05) is 11.6 Å². The van der Waals surface area contributed by atoms with E-state index in [9.17, 15) is 19.8 Å². The van der Waals surface area contributed by atoms with Crippen molar-refractivity contribution in [1.29, 1.82) is 0 Å². The molecule has 1 aromatic heterocycles. The highest BCUT2D eigenvalue weighted by Crippen LogP contribution is 2.43. The molecule has 2 aromatic carbocycles. The maximum absolute atomic E-state index is 13.1. The fourth-order valence-electron chi connectivity index (χ4n) is 3.73. The minimum atomic E-state index is -1.03. The van der Waals surface area contributed by atoms with Crippen molar-refractivity contribution in [3.05, 3.63) is 71.0 Å². The summed E-state index contributed by atoms with van der Waals surface area (Å²) in [5.74, 6) is -0.863. The number of amides is 1. The standard InChI is InChI=1S/C24H22N2O7/c1-4-32-18-12-15(7-10-17(18)27)21-20(22(28)14-5-8-16(31-3)9-6-14)23(29)24(30)26(21)19-11-13(2)33-25-19/h5-12,21,27-28H,4H2,1-3H3/t21-/m1/s1. The Morgan fingerprint density at radius 2 is 1.88 bits per heavy atom. The average molecular weight is 450 g/mol. The van der Waals surface area contributed by atoms with Crippen molar-refractivity contribution in [3.8, 4) is 17.2 Å². The second-order valence-electron chi connectivity index (χ2n) is 7.35. The first-order valence-corrected chi connectivity index (χ1v) is 10.2. The molecule has 9 heteroatoms. The molecule has 1 aliphatic heterocycles. The third kappa shape index (κ3) is 3.89. The SMILES string of the molecule is CCOc1cc([C@@H]2C(=C(O)c3ccc(OC)cc3)C(=O)C(=O)N2c2cc(C)on2)ccc1O. The number of hydrogen-bond donors (Lipinski definition) is 2. The number of nitrogens with zero attached hydrogens (tertiary/aromatic N) is 2. The molecule has 3 aromatic rings. The summed E-state index contributed by atoms with van der Waals surface area (Å²) in [5.41, 5.74) is 0.643. The zero-order valence-corrected chi connectivity index (χ0v) is 18.2. The maximum atomic E-state index is 13.1. The summed E-state index contributed by atoms with van der Waals surface area (Å²) >= 11 is 0. The number of ketones is 1. The molecule has 2 N–H and O–H groups in total. The van der Waals surface area contributed by atoms with Crippen LogP contribution in [0.5, 0.6) is 17.2 Å². The highest BCUT2D eigenvalue weighted by molar-refractivity contribution is 6.51. The monoisotopic (exact) mass is 450 g/mol. The third-order valence-electron chi connectivity index (χ3n) is 5.27. The molecule has 0 saturated carbocycles. The number of Topliss-reactive ketones (excluding diaryl/α,β-unsaturated/α-hetero) is 1. The Bertz CT molecular complexity index is 1240. The smallest absolute Gasteiger partial charge is 0.301 e. The number of aliphatic hydroxyl groups excluding tert-OH is 1. The van der Waals surface area contributed by atoms with Crippen LogP contribution in [0.25, 0.3) is 5.76 Å². The van der Waals surface area contributed by atoms with Gasteiger partial charge in [0.25, 0.3) is 5.78 Å². The lowest BCUT2D eigenvalue weighted by atomic mass is 9.95. The molecule has 0 spiro atoms. The van der Waals surface area contributed by atoms with E-state index in [1.165, 1.54) is 25.3 Å². The van der Waals surface area contributed by atoms with Crippen LogP contribution in [0.1, 0.15) is 29.9 Å². The Morgan fingerprint density at radius 1 is 1.15 bits per heavy atom. The number of rotatable bonds is 6.